The highest BCUT2D eigenvalue weighted by Crippen LogP contribution is 2.38. The summed E-state index contributed by atoms with van der Waals surface area (Å²) in [6.45, 7) is 2.14. The molecular weight excluding hydrogens is 246 g/mol. The molecule has 100 valence electrons. The Morgan fingerprint density at radius 2 is 2.32 bits per heavy atom. The number of rotatable bonds is 4. The molecule has 2 aromatic rings. The highest BCUT2D eigenvalue weighted by Gasteiger charge is 2.36. The van der Waals surface area contributed by atoms with Crippen molar-refractivity contribution in [3.05, 3.63) is 28.3 Å². The van der Waals surface area contributed by atoms with E-state index in [4.69, 9.17) is 4.42 Å². The Balaban J connectivity index is 1.91. The quantitative estimate of drug-likeness (QED) is 0.673. The third kappa shape index (κ3) is 2.03. The second-order valence-electron chi connectivity index (χ2n) is 5.04. The van der Waals surface area contributed by atoms with E-state index in [9.17, 15) is 10.1 Å². The maximum absolute atomic E-state index is 10.7. The van der Waals surface area contributed by atoms with Gasteiger partial charge in [0.15, 0.2) is 5.58 Å². The number of fused-ring (bicyclic) bond motifs is 1. The molecule has 1 aromatic heterocycles. The van der Waals surface area contributed by atoms with Crippen molar-refractivity contribution in [1.82, 2.24) is 4.98 Å². The minimum atomic E-state index is -0.436. The summed E-state index contributed by atoms with van der Waals surface area (Å²) in [5, 5.41) is 14.0. The number of nitrogens with zero attached hydrogens (tertiary/aromatic N) is 2. The molecular formula is C13H15N3O3. The van der Waals surface area contributed by atoms with Gasteiger partial charge in [0.1, 0.15) is 5.52 Å². The zero-order valence-corrected chi connectivity index (χ0v) is 10.7. The highest BCUT2D eigenvalue weighted by atomic mass is 16.6. The summed E-state index contributed by atoms with van der Waals surface area (Å²) in [7, 11) is 0. The molecule has 0 aliphatic heterocycles. The predicted octanol–water partition coefficient (Wildman–Crippen LogP) is 3.48. The zero-order chi connectivity index (χ0) is 13.5. The van der Waals surface area contributed by atoms with Gasteiger partial charge < -0.3 is 9.73 Å². The minimum Gasteiger partial charge on any atom is -0.423 e. The molecule has 6 nitrogen and oxygen atoms in total. The van der Waals surface area contributed by atoms with Gasteiger partial charge in [-0.3, -0.25) is 10.1 Å². The third-order valence-corrected chi connectivity index (χ3v) is 3.94. The zero-order valence-electron chi connectivity index (χ0n) is 10.7. The standard InChI is InChI=1S/C13H15N3O3/c1-2-13(6-3-7-13)15-12-14-10-5-4-9(16(17)18)8-11(10)19-12/h4-5,8H,2-3,6-7H2,1H3,(H,14,15). The normalized spacial score (nSPS) is 17.1. The molecule has 0 saturated heterocycles. The molecule has 0 bridgehead atoms. The highest BCUT2D eigenvalue weighted by molar-refractivity contribution is 5.77. The van der Waals surface area contributed by atoms with Crippen molar-refractivity contribution in [2.24, 2.45) is 0 Å². The molecule has 19 heavy (non-hydrogen) atoms. The lowest BCUT2D eigenvalue weighted by Crippen LogP contribution is -2.44. The van der Waals surface area contributed by atoms with Crippen LogP contribution in [0.4, 0.5) is 11.7 Å². The molecule has 1 N–H and O–H groups in total. The van der Waals surface area contributed by atoms with Crippen LogP contribution < -0.4 is 5.32 Å². The van der Waals surface area contributed by atoms with E-state index in [0.29, 0.717) is 17.1 Å². The van der Waals surface area contributed by atoms with Crippen LogP contribution in [0, 0.1) is 10.1 Å². The van der Waals surface area contributed by atoms with Crippen LogP contribution in [0.25, 0.3) is 11.1 Å². The van der Waals surface area contributed by atoms with Gasteiger partial charge in [-0.1, -0.05) is 6.92 Å². The summed E-state index contributed by atoms with van der Waals surface area (Å²) in [6, 6.07) is 4.92. The van der Waals surface area contributed by atoms with Crippen LogP contribution in [0.5, 0.6) is 0 Å². The number of aromatic nitrogens is 1. The summed E-state index contributed by atoms with van der Waals surface area (Å²) in [6.07, 6.45) is 4.46. The van der Waals surface area contributed by atoms with E-state index in [-0.39, 0.29) is 11.2 Å². The second kappa shape index (κ2) is 4.22. The van der Waals surface area contributed by atoms with Crippen molar-refractivity contribution < 1.29 is 9.34 Å². The molecule has 0 amide bonds. The van der Waals surface area contributed by atoms with E-state index in [1.54, 1.807) is 6.07 Å². The van der Waals surface area contributed by atoms with E-state index in [1.807, 2.05) is 0 Å². The Morgan fingerprint density at radius 1 is 1.53 bits per heavy atom. The fourth-order valence-electron chi connectivity index (χ4n) is 2.48. The first-order valence-electron chi connectivity index (χ1n) is 6.45. The topological polar surface area (TPSA) is 81.2 Å². The molecule has 0 unspecified atom stereocenters. The van der Waals surface area contributed by atoms with Crippen molar-refractivity contribution in [2.75, 3.05) is 5.32 Å². The van der Waals surface area contributed by atoms with Crippen molar-refractivity contribution in [1.29, 1.82) is 0 Å². The Hall–Kier alpha value is -2.11. The van der Waals surface area contributed by atoms with Gasteiger partial charge in [-0.15, -0.1) is 0 Å². The average molecular weight is 261 g/mol. The van der Waals surface area contributed by atoms with Gasteiger partial charge in [-0.05, 0) is 31.7 Å². The summed E-state index contributed by atoms with van der Waals surface area (Å²) < 4.78 is 5.57. The van der Waals surface area contributed by atoms with Gasteiger partial charge in [0.25, 0.3) is 11.7 Å². The number of oxazole rings is 1. The average Bonchev–Trinajstić information content (AvgIpc) is 2.74. The predicted molar refractivity (Wildman–Crippen MR) is 71.2 cm³/mol. The van der Waals surface area contributed by atoms with Crippen LogP contribution in [0.3, 0.4) is 0 Å². The fraction of sp³-hybridized carbons (Fsp3) is 0.462. The molecule has 0 spiro atoms. The molecule has 1 aliphatic carbocycles. The Kier molecular flexibility index (Phi) is 2.66. The molecule has 0 radical (unpaired) electrons. The van der Waals surface area contributed by atoms with E-state index in [1.165, 1.54) is 18.6 Å². The maximum atomic E-state index is 10.7. The molecule has 6 heteroatoms. The number of anilines is 1. The third-order valence-electron chi connectivity index (χ3n) is 3.94. The van der Waals surface area contributed by atoms with Crippen molar-refractivity contribution in [3.8, 4) is 0 Å². The Morgan fingerprint density at radius 3 is 2.89 bits per heavy atom. The number of nitro benzene ring substituents is 1. The van der Waals surface area contributed by atoms with E-state index < -0.39 is 4.92 Å². The first-order valence-corrected chi connectivity index (χ1v) is 6.45. The molecule has 1 heterocycles. The first kappa shape index (κ1) is 12.0. The molecule has 0 atom stereocenters. The van der Waals surface area contributed by atoms with Crippen LogP contribution in [0.1, 0.15) is 32.6 Å². The fourth-order valence-corrected chi connectivity index (χ4v) is 2.48. The van der Waals surface area contributed by atoms with Crippen LogP contribution in [0.2, 0.25) is 0 Å². The van der Waals surface area contributed by atoms with Gasteiger partial charge in [-0.2, -0.15) is 4.98 Å². The summed E-state index contributed by atoms with van der Waals surface area (Å²) in [4.78, 5) is 14.6. The largest absolute Gasteiger partial charge is 0.423 e. The van der Waals surface area contributed by atoms with Gasteiger partial charge in [0, 0.05) is 11.6 Å². The molecule has 1 saturated carbocycles. The SMILES string of the molecule is CCC1(Nc2nc3ccc([N+](=O)[O-])cc3o2)CCC1. The number of hydrogen-bond acceptors (Lipinski definition) is 5. The monoisotopic (exact) mass is 261 g/mol. The van der Waals surface area contributed by atoms with E-state index in [2.05, 4.69) is 17.2 Å². The second-order valence-corrected chi connectivity index (χ2v) is 5.04. The van der Waals surface area contributed by atoms with Crippen molar-refractivity contribution in [3.63, 3.8) is 0 Å². The van der Waals surface area contributed by atoms with Crippen LogP contribution in [-0.4, -0.2) is 15.4 Å². The number of benzene rings is 1. The summed E-state index contributed by atoms with van der Waals surface area (Å²) >= 11 is 0. The molecule has 3 rings (SSSR count). The molecule has 1 fully saturated rings. The number of non-ortho nitro benzene ring substituents is 1. The van der Waals surface area contributed by atoms with Crippen molar-refractivity contribution >= 4 is 22.8 Å². The minimum absolute atomic E-state index is 0.0176. The van der Waals surface area contributed by atoms with Gasteiger partial charge in [0.2, 0.25) is 0 Å². The summed E-state index contributed by atoms with van der Waals surface area (Å²) in [5.74, 6) is 0. The van der Waals surface area contributed by atoms with Gasteiger partial charge >= 0.3 is 0 Å². The first-order chi connectivity index (χ1) is 9.12. The summed E-state index contributed by atoms with van der Waals surface area (Å²) in [5.41, 5.74) is 1.19. The smallest absolute Gasteiger partial charge is 0.296 e. The maximum Gasteiger partial charge on any atom is 0.296 e. The lowest BCUT2D eigenvalue weighted by Gasteiger charge is -2.41. The number of nitro groups is 1. The van der Waals surface area contributed by atoms with Crippen LogP contribution >= 0.6 is 0 Å². The Labute approximate surface area is 110 Å². The van der Waals surface area contributed by atoms with Gasteiger partial charge in [0.05, 0.1) is 11.0 Å². The number of hydrogen-bond donors (Lipinski definition) is 1. The Bertz CT molecular complexity index is 626. The van der Waals surface area contributed by atoms with E-state index >= 15 is 0 Å². The van der Waals surface area contributed by atoms with Crippen LogP contribution in [0.15, 0.2) is 22.6 Å². The van der Waals surface area contributed by atoms with Crippen LogP contribution in [-0.2, 0) is 0 Å². The number of nitrogens with one attached hydrogen (secondary N) is 1. The van der Waals surface area contributed by atoms with E-state index in [0.717, 1.165) is 19.3 Å². The van der Waals surface area contributed by atoms with Crippen molar-refractivity contribution in [2.45, 2.75) is 38.1 Å². The molecule has 1 aromatic carbocycles. The lowest BCUT2D eigenvalue weighted by atomic mass is 9.75. The lowest BCUT2D eigenvalue weighted by molar-refractivity contribution is -0.384. The molecule has 1 aliphatic rings. The van der Waals surface area contributed by atoms with Gasteiger partial charge in [-0.25, -0.2) is 0 Å².